The molecule has 0 saturated carbocycles. The van der Waals surface area contributed by atoms with Crippen molar-refractivity contribution in [2.24, 2.45) is 0 Å². The maximum Gasteiger partial charge on any atom is 0.262 e. The Hall–Kier alpha value is -1.88. The number of benzene rings is 1. The van der Waals surface area contributed by atoms with Crippen LogP contribution >= 0.6 is 11.3 Å². The third-order valence-corrected chi connectivity index (χ3v) is 4.05. The summed E-state index contributed by atoms with van der Waals surface area (Å²) in [5, 5.41) is 6.54. The summed E-state index contributed by atoms with van der Waals surface area (Å²) in [4.78, 5) is 24.5. The molecule has 0 unspecified atom stereocenters. The lowest BCUT2D eigenvalue weighted by molar-refractivity contribution is -0.122. The van der Waals surface area contributed by atoms with Crippen LogP contribution < -0.4 is 10.6 Å². The van der Waals surface area contributed by atoms with Gasteiger partial charge in [0.15, 0.2) is 0 Å². The average Bonchev–Trinajstić information content (AvgIpc) is 2.88. The molecule has 106 valence electrons. The first-order valence-corrected chi connectivity index (χ1v) is 7.50. The molecule has 0 aliphatic heterocycles. The molecule has 1 aromatic carbocycles. The number of fused-ring (bicyclic) bond motifs is 1. The number of rotatable bonds is 5. The molecule has 0 fully saturated rings. The van der Waals surface area contributed by atoms with Crippen molar-refractivity contribution >= 4 is 33.2 Å². The number of nitrogens with one attached hydrogen (secondary N) is 2. The molecule has 2 rings (SSSR count). The molecule has 2 aromatic rings. The molecule has 0 bridgehead atoms. The molecule has 1 atom stereocenters. The van der Waals surface area contributed by atoms with E-state index < -0.39 is 6.04 Å². The van der Waals surface area contributed by atoms with E-state index in [4.69, 9.17) is 0 Å². The van der Waals surface area contributed by atoms with Crippen molar-refractivity contribution in [2.45, 2.75) is 26.3 Å². The van der Waals surface area contributed by atoms with E-state index in [0.29, 0.717) is 11.4 Å². The van der Waals surface area contributed by atoms with Crippen molar-refractivity contribution in [2.75, 3.05) is 6.54 Å². The van der Waals surface area contributed by atoms with E-state index in [2.05, 4.69) is 10.6 Å². The minimum absolute atomic E-state index is 0.152. The van der Waals surface area contributed by atoms with Crippen LogP contribution in [0.2, 0.25) is 0 Å². The molecule has 2 N–H and O–H groups in total. The maximum atomic E-state index is 12.1. The predicted molar refractivity (Wildman–Crippen MR) is 82.1 cm³/mol. The summed E-state index contributed by atoms with van der Waals surface area (Å²) < 4.78 is 1.07. The van der Waals surface area contributed by atoms with Crippen LogP contribution in [0.3, 0.4) is 0 Å². The van der Waals surface area contributed by atoms with Gasteiger partial charge in [0.25, 0.3) is 5.91 Å². The molecule has 0 radical (unpaired) electrons. The number of carbonyl (C=O) groups excluding carboxylic acids is 2. The smallest absolute Gasteiger partial charge is 0.262 e. The molecule has 0 aliphatic carbocycles. The highest BCUT2D eigenvalue weighted by Gasteiger charge is 2.17. The summed E-state index contributed by atoms with van der Waals surface area (Å²) in [6.45, 7) is 4.30. The topological polar surface area (TPSA) is 58.2 Å². The Balaban J connectivity index is 2.02. The Morgan fingerprint density at radius 3 is 2.75 bits per heavy atom. The minimum Gasteiger partial charge on any atom is -0.354 e. The standard InChI is InChI=1S/C15H18N2O2S/c1-3-8-16-14(18)10(2)17-15(19)13-9-11-6-4-5-7-12(11)20-13/h4-7,9-10H,3,8H2,1-2H3,(H,16,18)(H,17,19)/t10-/m0/s1. The number of thiophene rings is 1. The average molecular weight is 290 g/mol. The van der Waals surface area contributed by atoms with Gasteiger partial charge < -0.3 is 10.6 Å². The third-order valence-electron chi connectivity index (χ3n) is 2.94. The fourth-order valence-electron chi connectivity index (χ4n) is 1.83. The summed E-state index contributed by atoms with van der Waals surface area (Å²) in [6.07, 6.45) is 0.878. The fraction of sp³-hybridized carbons (Fsp3) is 0.333. The Labute approximate surface area is 122 Å². The van der Waals surface area contributed by atoms with Gasteiger partial charge in [-0.25, -0.2) is 0 Å². The SMILES string of the molecule is CCCNC(=O)[C@H](C)NC(=O)c1cc2ccccc2s1. The highest BCUT2D eigenvalue weighted by Crippen LogP contribution is 2.25. The van der Waals surface area contributed by atoms with E-state index in [9.17, 15) is 9.59 Å². The first-order chi connectivity index (χ1) is 9.61. The summed E-state index contributed by atoms with van der Waals surface area (Å²) in [6, 6.07) is 9.17. The molecule has 1 aromatic heterocycles. The molecule has 1 heterocycles. The van der Waals surface area contributed by atoms with Crippen molar-refractivity contribution in [1.82, 2.24) is 10.6 Å². The van der Waals surface area contributed by atoms with Gasteiger partial charge in [0, 0.05) is 11.2 Å². The van der Waals surface area contributed by atoms with E-state index in [1.807, 2.05) is 37.3 Å². The van der Waals surface area contributed by atoms with Crippen LogP contribution in [0, 0.1) is 0 Å². The fourth-order valence-corrected chi connectivity index (χ4v) is 2.79. The van der Waals surface area contributed by atoms with Crippen LogP contribution in [0.25, 0.3) is 10.1 Å². The highest BCUT2D eigenvalue weighted by molar-refractivity contribution is 7.20. The zero-order valence-corrected chi connectivity index (χ0v) is 12.4. The molecular formula is C15H18N2O2S. The maximum absolute atomic E-state index is 12.1. The highest BCUT2D eigenvalue weighted by atomic mass is 32.1. The van der Waals surface area contributed by atoms with Crippen LogP contribution in [0.15, 0.2) is 30.3 Å². The normalized spacial score (nSPS) is 12.1. The van der Waals surface area contributed by atoms with E-state index >= 15 is 0 Å². The van der Waals surface area contributed by atoms with Gasteiger partial charge in [-0.15, -0.1) is 11.3 Å². The largest absolute Gasteiger partial charge is 0.354 e. The minimum atomic E-state index is -0.528. The molecule has 0 saturated heterocycles. The van der Waals surface area contributed by atoms with Crippen LogP contribution in [0.1, 0.15) is 29.9 Å². The van der Waals surface area contributed by atoms with Crippen LogP contribution in [0.4, 0.5) is 0 Å². The van der Waals surface area contributed by atoms with E-state index in [0.717, 1.165) is 16.5 Å². The second-order valence-electron chi connectivity index (χ2n) is 4.63. The Morgan fingerprint density at radius 1 is 1.30 bits per heavy atom. The molecule has 20 heavy (non-hydrogen) atoms. The van der Waals surface area contributed by atoms with Gasteiger partial charge >= 0.3 is 0 Å². The van der Waals surface area contributed by atoms with Crippen LogP contribution in [-0.2, 0) is 4.79 Å². The zero-order valence-electron chi connectivity index (χ0n) is 11.6. The van der Waals surface area contributed by atoms with E-state index in [-0.39, 0.29) is 11.8 Å². The van der Waals surface area contributed by atoms with Gasteiger partial charge in [0.2, 0.25) is 5.91 Å². The molecule has 5 heteroatoms. The van der Waals surface area contributed by atoms with Crippen molar-refractivity contribution in [1.29, 1.82) is 0 Å². The third kappa shape index (κ3) is 3.36. The predicted octanol–water partition coefficient (Wildman–Crippen LogP) is 2.55. The molecule has 4 nitrogen and oxygen atoms in total. The van der Waals surface area contributed by atoms with E-state index in [1.165, 1.54) is 11.3 Å². The van der Waals surface area contributed by atoms with Crippen molar-refractivity contribution in [3.63, 3.8) is 0 Å². The monoisotopic (exact) mass is 290 g/mol. The first-order valence-electron chi connectivity index (χ1n) is 6.69. The van der Waals surface area contributed by atoms with Crippen LogP contribution in [0.5, 0.6) is 0 Å². The quantitative estimate of drug-likeness (QED) is 0.889. The molecule has 0 aliphatic rings. The molecule has 2 amide bonds. The number of amides is 2. The van der Waals surface area contributed by atoms with Gasteiger partial charge in [0.05, 0.1) is 4.88 Å². The van der Waals surface area contributed by atoms with Gasteiger partial charge in [-0.1, -0.05) is 25.1 Å². The van der Waals surface area contributed by atoms with Crippen molar-refractivity contribution in [3.8, 4) is 0 Å². The van der Waals surface area contributed by atoms with Crippen molar-refractivity contribution in [3.05, 3.63) is 35.2 Å². The lowest BCUT2D eigenvalue weighted by atomic mass is 10.2. The summed E-state index contributed by atoms with van der Waals surface area (Å²) in [5.74, 6) is -0.355. The summed E-state index contributed by atoms with van der Waals surface area (Å²) >= 11 is 1.43. The van der Waals surface area contributed by atoms with Gasteiger partial charge in [-0.3, -0.25) is 9.59 Å². The first kappa shape index (κ1) is 14.5. The second-order valence-corrected chi connectivity index (χ2v) is 5.72. The van der Waals surface area contributed by atoms with Crippen LogP contribution in [-0.4, -0.2) is 24.4 Å². The summed E-state index contributed by atoms with van der Waals surface area (Å²) in [5.41, 5.74) is 0. The Morgan fingerprint density at radius 2 is 2.05 bits per heavy atom. The summed E-state index contributed by atoms with van der Waals surface area (Å²) in [7, 11) is 0. The van der Waals surface area contributed by atoms with Crippen molar-refractivity contribution < 1.29 is 9.59 Å². The van der Waals surface area contributed by atoms with Gasteiger partial charge in [-0.2, -0.15) is 0 Å². The Kier molecular flexibility index (Phi) is 4.74. The lowest BCUT2D eigenvalue weighted by Gasteiger charge is -2.12. The second kappa shape index (κ2) is 6.52. The molecule has 0 spiro atoms. The number of hydrogen-bond acceptors (Lipinski definition) is 3. The lowest BCUT2D eigenvalue weighted by Crippen LogP contribution is -2.44. The number of hydrogen-bond donors (Lipinski definition) is 2. The zero-order chi connectivity index (χ0) is 14.5. The molecular weight excluding hydrogens is 272 g/mol. The Bertz CT molecular complexity index is 588. The van der Waals surface area contributed by atoms with Gasteiger partial charge in [0.1, 0.15) is 6.04 Å². The number of carbonyl (C=O) groups is 2. The van der Waals surface area contributed by atoms with E-state index in [1.54, 1.807) is 6.92 Å². The van der Waals surface area contributed by atoms with Gasteiger partial charge in [-0.05, 0) is 30.9 Å².